The van der Waals surface area contributed by atoms with Crippen molar-refractivity contribution in [2.24, 2.45) is 0 Å². The van der Waals surface area contributed by atoms with Gasteiger partial charge in [0.25, 0.3) is 11.8 Å². The van der Waals surface area contributed by atoms with Crippen molar-refractivity contribution in [3.63, 3.8) is 0 Å². The molecule has 2 aromatic carbocycles. The van der Waals surface area contributed by atoms with Crippen molar-refractivity contribution < 1.29 is 22.7 Å². The fourth-order valence-electron chi connectivity index (χ4n) is 4.63. The summed E-state index contributed by atoms with van der Waals surface area (Å²) >= 11 is 0. The number of nitrogens with one attached hydrogen (secondary N) is 1. The van der Waals surface area contributed by atoms with Gasteiger partial charge in [-0.25, -0.2) is 13.1 Å². The highest BCUT2D eigenvalue weighted by atomic mass is 32.2. The molecule has 0 unspecified atom stereocenters. The minimum Gasteiger partial charge on any atom is -0.490 e. The van der Waals surface area contributed by atoms with Crippen LogP contribution < -0.4 is 9.46 Å². The molecule has 1 fully saturated rings. The molecule has 0 saturated heterocycles. The highest BCUT2D eigenvalue weighted by molar-refractivity contribution is 7.89. The third kappa shape index (κ3) is 5.85. The number of nitrogens with zero attached hydrogens (tertiary/aromatic N) is 1. The SMILES string of the molecule is C[C@@H](NS(=O)(=O)CCCCCN1C(=O)c2ccccc2C1=O)c1cccc(OC2CCCC2)c1. The minimum atomic E-state index is -3.47. The third-order valence-corrected chi connectivity index (χ3v) is 8.03. The second kappa shape index (κ2) is 10.7. The molecule has 1 heterocycles. The largest absolute Gasteiger partial charge is 0.490 e. The summed E-state index contributed by atoms with van der Waals surface area (Å²) in [6.07, 6.45) is 6.40. The van der Waals surface area contributed by atoms with Crippen molar-refractivity contribution in [2.75, 3.05) is 12.3 Å². The van der Waals surface area contributed by atoms with Crippen molar-refractivity contribution in [3.8, 4) is 5.75 Å². The van der Waals surface area contributed by atoms with Crippen molar-refractivity contribution in [1.29, 1.82) is 0 Å². The number of benzene rings is 2. The standard InChI is InChI=1S/C26H32N2O5S/c1-19(20-10-9-13-22(18-20)33-21-11-3-4-12-21)27-34(31,32)17-8-2-7-16-28-25(29)23-14-5-6-15-24(23)26(28)30/h5-6,9-10,13-15,18-19,21,27H,2-4,7-8,11-12,16-17H2,1H3/t19-/m1/s1. The molecule has 2 amide bonds. The van der Waals surface area contributed by atoms with E-state index in [1.807, 2.05) is 31.2 Å². The van der Waals surface area contributed by atoms with E-state index in [2.05, 4.69) is 4.72 Å². The van der Waals surface area contributed by atoms with Crippen LogP contribution in [0.15, 0.2) is 48.5 Å². The van der Waals surface area contributed by atoms with Crippen LogP contribution in [0.3, 0.4) is 0 Å². The van der Waals surface area contributed by atoms with Gasteiger partial charge in [-0.3, -0.25) is 14.5 Å². The lowest BCUT2D eigenvalue weighted by Crippen LogP contribution is -2.31. The fourth-order valence-corrected chi connectivity index (χ4v) is 6.01. The molecule has 0 aromatic heterocycles. The molecule has 8 heteroatoms. The predicted octanol–water partition coefficient (Wildman–Crippen LogP) is 4.45. The van der Waals surface area contributed by atoms with Gasteiger partial charge in [0.05, 0.1) is 23.0 Å². The van der Waals surface area contributed by atoms with Crippen LogP contribution in [0.5, 0.6) is 5.75 Å². The Labute approximate surface area is 201 Å². The van der Waals surface area contributed by atoms with Gasteiger partial charge < -0.3 is 4.74 Å². The van der Waals surface area contributed by atoms with Crippen molar-refractivity contribution in [3.05, 3.63) is 65.2 Å². The van der Waals surface area contributed by atoms with Crippen molar-refractivity contribution >= 4 is 21.8 Å². The van der Waals surface area contributed by atoms with E-state index in [0.29, 0.717) is 36.9 Å². The summed E-state index contributed by atoms with van der Waals surface area (Å²) in [6, 6.07) is 14.1. The first kappa shape index (κ1) is 24.4. The molecular weight excluding hydrogens is 452 g/mol. The van der Waals surface area contributed by atoms with Gasteiger partial charge in [-0.05, 0) is 75.3 Å². The van der Waals surface area contributed by atoms with E-state index in [1.165, 1.54) is 17.7 Å². The Bertz CT molecular complexity index is 1110. The lowest BCUT2D eigenvalue weighted by Gasteiger charge is -2.18. The molecule has 0 bridgehead atoms. The van der Waals surface area contributed by atoms with E-state index in [4.69, 9.17) is 4.74 Å². The van der Waals surface area contributed by atoms with Crippen LogP contribution in [-0.2, 0) is 10.0 Å². The highest BCUT2D eigenvalue weighted by Gasteiger charge is 2.34. The molecule has 1 atom stereocenters. The van der Waals surface area contributed by atoms with Gasteiger partial charge in [0.1, 0.15) is 5.75 Å². The Morgan fingerprint density at radius 1 is 0.971 bits per heavy atom. The van der Waals surface area contributed by atoms with E-state index in [-0.39, 0.29) is 29.7 Å². The molecule has 182 valence electrons. The van der Waals surface area contributed by atoms with Gasteiger partial charge in [0.15, 0.2) is 0 Å². The van der Waals surface area contributed by atoms with Gasteiger partial charge in [-0.15, -0.1) is 0 Å². The zero-order chi connectivity index (χ0) is 24.1. The molecule has 7 nitrogen and oxygen atoms in total. The Morgan fingerprint density at radius 3 is 2.32 bits per heavy atom. The summed E-state index contributed by atoms with van der Waals surface area (Å²) in [5, 5.41) is 0. The fraction of sp³-hybridized carbons (Fsp3) is 0.462. The number of hydrogen-bond acceptors (Lipinski definition) is 5. The lowest BCUT2D eigenvalue weighted by molar-refractivity contribution is 0.0651. The van der Waals surface area contributed by atoms with Crippen LogP contribution in [0, 0.1) is 0 Å². The van der Waals surface area contributed by atoms with E-state index in [1.54, 1.807) is 24.3 Å². The van der Waals surface area contributed by atoms with Gasteiger partial charge in [0, 0.05) is 12.6 Å². The summed E-state index contributed by atoms with van der Waals surface area (Å²) in [5.74, 6) is 0.229. The maximum Gasteiger partial charge on any atom is 0.261 e. The van der Waals surface area contributed by atoms with Crippen LogP contribution in [0.2, 0.25) is 0 Å². The number of hydrogen-bond donors (Lipinski definition) is 1. The molecule has 4 rings (SSSR count). The Balaban J connectivity index is 1.21. The first-order valence-electron chi connectivity index (χ1n) is 12.1. The van der Waals surface area contributed by atoms with Crippen LogP contribution in [0.4, 0.5) is 0 Å². The average molecular weight is 485 g/mol. The number of unbranched alkanes of at least 4 members (excludes halogenated alkanes) is 2. The Hall–Kier alpha value is -2.71. The van der Waals surface area contributed by atoms with Crippen LogP contribution in [-0.4, -0.2) is 43.5 Å². The normalized spacial score (nSPS) is 17.3. The number of carbonyl (C=O) groups excluding carboxylic acids is 2. The van der Waals surface area contributed by atoms with E-state index < -0.39 is 10.0 Å². The van der Waals surface area contributed by atoms with Crippen LogP contribution in [0.25, 0.3) is 0 Å². The average Bonchev–Trinajstić information content (AvgIpc) is 3.41. The Kier molecular flexibility index (Phi) is 7.68. The quantitative estimate of drug-likeness (QED) is 0.376. The Morgan fingerprint density at radius 2 is 1.65 bits per heavy atom. The number of fused-ring (bicyclic) bond motifs is 1. The van der Waals surface area contributed by atoms with E-state index in [0.717, 1.165) is 24.2 Å². The highest BCUT2D eigenvalue weighted by Crippen LogP contribution is 2.26. The summed E-state index contributed by atoms with van der Waals surface area (Å²) in [5.41, 5.74) is 1.74. The molecule has 2 aromatic rings. The molecule has 2 aliphatic rings. The third-order valence-electron chi connectivity index (χ3n) is 6.49. The monoisotopic (exact) mass is 484 g/mol. The number of sulfonamides is 1. The summed E-state index contributed by atoms with van der Waals surface area (Å²) in [7, 11) is -3.47. The van der Waals surface area contributed by atoms with E-state index >= 15 is 0 Å². The second-order valence-electron chi connectivity index (χ2n) is 9.12. The van der Waals surface area contributed by atoms with Crippen molar-refractivity contribution in [1.82, 2.24) is 9.62 Å². The summed E-state index contributed by atoms with van der Waals surface area (Å²) < 4.78 is 34.0. The molecule has 1 N–H and O–H groups in total. The van der Waals surface area contributed by atoms with Gasteiger partial charge in [0.2, 0.25) is 10.0 Å². The zero-order valence-electron chi connectivity index (χ0n) is 19.5. The van der Waals surface area contributed by atoms with Crippen molar-refractivity contribution in [2.45, 2.75) is 64.0 Å². The maximum atomic E-state index is 12.6. The molecular formula is C26H32N2O5S. The number of ether oxygens (including phenoxy) is 1. The van der Waals surface area contributed by atoms with Gasteiger partial charge in [-0.2, -0.15) is 0 Å². The smallest absolute Gasteiger partial charge is 0.261 e. The number of carbonyl (C=O) groups is 2. The second-order valence-corrected chi connectivity index (χ2v) is 11.0. The molecule has 34 heavy (non-hydrogen) atoms. The maximum absolute atomic E-state index is 12.6. The first-order valence-corrected chi connectivity index (χ1v) is 13.7. The topological polar surface area (TPSA) is 92.8 Å². The number of rotatable bonds is 11. The molecule has 0 radical (unpaired) electrons. The van der Waals surface area contributed by atoms with Gasteiger partial charge >= 0.3 is 0 Å². The predicted molar refractivity (Wildman–Crippen MR) is 130 cm³/mol. The first-order chi connectivity index (χ1) is 16.3. The van der Waals surface area contributed by atoms with Gasteiger partial charge in [-0.1, -0.05) is 30.7 Å². The van der Waals surface area contributed by atoms with Crippen LogP contribution in [0.1, 0.15) is 84.2 Å². The molecule has 1 aliphatic carbocycles. The molecule has 1 aliphatic heterocycles. The van der Waals surface area contributed by atoms with E-state index in [9.17, 15) is 18.0 Å². The molecule has 0 spiro atoms. The summed E-state index contributed by atoms with van der Waals surface area (Å²) in [4.78, 5) is 26.0. The number of amides is 2. The minimum absolute atomic E-state index is 0.00226. The zero-order valence-corrected chi connectivity index (χ0v) is 20.4. The van der Waals surface area contributed by atoms with Crippen LogP contribution >= 0.6 is 0 Å². The molecule has 1 saturated carbocycles. The lowest BCUT2D eigenvalue weighted by atomic mass is 10.1. The summed E-state index contributed by atoms with van der Waals surface area (Å²) in [6.45, 7) is 2.12. The number of imide groups is 1.